The second-order valence-corrected chi connectivity index (χ2v) is 6.85. The van der Waals surface area contributed by atoms with Gasteiger partial charge in [-0.2, -0.15) is 0 Å². The van der Waals surface area contributed by atoms with Crippen LogP contribution in [-0.2, 0) is 4.74 Å². The van der Waals surface area contributed by atoms with E-state index in [1.807, 2.05) is 78.9 Å². The SMILES string of the molecule is COC(C(=Cc1cccnc1)Oc1ccc(-c2ccccc2)cc1)c1ccccc1. The van der Waals surface area contributed by atoms with Gasteiger partial charge in [-0.3, -0.25) is 4.98 Å². The molecule has 0 spiro atoms. The van der Waals surface area contributed by atoms with Crippen molar-refractivity contribution in [2.45, 2.75) is 6.10 Å². The molecule has 30 heavy (non-hydrogen) atoms. The fourth-order valence-electron chi connectivity index (χ4n) is 3.31. The molecule has 0 aliphatic carbocycles. The van der Waals surface area contributed by atoms with E-state index in [1.54, 1.807) is 19.5 Å². The van der Waals surface area contributed by atoms with Crippen LogP contribution in [0, 0.1) is 0 Å². The molecule has 0 aliphatic rings. The van der Waals surface area contributed by atoms with Crippen LogP contribution in [-0.4, -0.2) is 12.1 Å². The topological polar surface area (TPSA) is 31.4 Å². The zero-order valence-electron chi connectivity index (χ0n) is 16.8. The Bertz CT molecular complexity index is 1080. The van der Waals surface area contributed by atoms with Gasteiger partial charge in [0.1, 0.15) is 17.6 Å². The van der Waals surface area contributed by atoms with E-state index >= 15 is 0 Å². The lowest BCUT2D eigenvalue weighted by molar-refractivity contribution is 0.101. The number of methoxy groups -OCH3 is 1. The number of aromatic nitrogens is 1. The van der Waals surface area contributed by atoms with Crippen LogP contribution in [0.5, 0.6) is 5.75 Å². The maximum Gasteiger partial charge on any atom is 0.140 e. The maximum absolute atomic E-state index is 6.33. The summed E-state index contributed by atoms with van der Waals surface area (Å²) in [6.07, 6.45) is 5.20. The average molecular weight is 393 g/mol. The molecule has 4 aromatic rings. The average Bonchev–Trinajstić information content (AvgIpc) is 2.82. The minimum atomic E-state index is -0.333. The van der Waals surface area contributed by atoms with E-state index in [9.17, 15) is 0 Å². The first kappa shape index (κ1) is 19.6. The Labute approximate surface area is 177 Å². The Hall–Kier alpha value is -3.69. The lowest BCUT2D eigenvalue weighted by atomic mass is 10.1. The Morgan fingerprint density at radius 2 is 1.43 bits per heavy atom. The molecule has 0 radical (unpaired) electrons. The number of pyridine rings is 1. The molecule has 0 saturated heterocycles. The number of ether oxygens (including phenoxy) is 2. The van der Waals surface area contributed by atoms with E-state index in [-0.39, 0.29) is 6.10 Å². The van der Waals surface area contributed by atoms with Gasteiger partial charge in [-0.25, -0.2) is 0 Å². The van der Waals surface area contributed by atoms with Crippen molar-refractivity contribution in [3.05, 3.63) is 126 Å². The van der Waals surface area contributed by atoms with Crippen LogP contribution in [0.15, 0.2) is 115 Å². The third-order valence-corrected chi connectivity index (χ3v) is 4.79. The largest absolute Gasteiger partial charge is 0.459 e. The van der Waals surface area contributed by atoms with Crippen molar-refractivity contribution >= 4 is 6.08 Å². The smallest absolute Gasteiger partial charge is 0.140 e. The molecule has 0 fully saturated rings. The van der Waals surface area contributed by atoms with Gasteiger partial charge in [-0.1, -0.05) is 78.9 Å². The van der Waals surface area contributed by atoms with Gasteiger partial charge >= 0.3 is 0 Å². The van der Waals surface area contributed by atoms with E-state index in [1.165, 1.54) is 5.56 Å². The highest BCUT2D eigenvalue weighted by atomic mass is 16.5. The number of rotatable bonds is 7. The third-order valence-electron chi connectivity index (χ3n) is 4.79. The van der Waals surface area contributed by atoms with Gasteiger partial charge in [0, 0.05) is 19.5 Å². The first-order valence-electron chi connectivity index (χ1n) is 9.86. The molecule has 1 aromatic heterocycles. The van der Waals surface area contributed by atoms with E-state index in [4.69, 9.17) is 9.47 Å². The molecule has 1 heterocycles. The highest BCUT2D eigenvalue weighted by Crippen LogP contribution is 2.30. The molecule has 3 nitrogen and oxygen atoms in total. The van der Waals surface area contributed by atoms with Gasteiger partial charge in [-0.15, -0.1) is 0 Å². The molecule has 0 amide bonds. The minimum absolute atomic E-state index is 0.333. The standard InChI is InChI=1S/C27H23NO2/c1-29-27(24-12-6-3-7-13-24)26(19-21-9-8-18-28-20-21)30-25-16-14-23(15-17-25)22-10-4-2-5-11-22/h2-20,27H,1H3. The normalized spacial score (nSPS) is 12.4. The van der Waals surface area contributed by atoms with Crippen molar-refractivity contribution in [2.75, 3.05) is 7.11 Å². The molecule has 0 aliphatic heterocycles. The van der Waals surface area contributed by atoms with Crippen molar-refractivity contribution in [3.8, 4) is 16.9 Å². The Kier molecular flexibility index (Phi) is 6.33. The van der Waals surface area contributed by atoms with Gasteiger partial charge in [-0.05, 0) is 46.5 Å². The molecule has 0 bridgehead atoms. The van der Waals surface area contributed by atoms with Gasteiger partial charge < -0.3 is 9.47 Å². The number of benzene rings is 3. The molecule has 1 unspecified atom stereocenters. The van der Waals surface area contributed by atoms with Gasteiger partial charge in [0.2, 0.25) is 0 Å². The highest BCUT2D eigenvalue weighted by molar-refractivity contribution is 5.64. The van der Waals surface area contributed by atoms with Crippen LogP contribution < -0.4 is 4.74 Å². The van der Waals surface area contributed by atoms with Crippen LogP contribution in [0.4, 0.5) is 0 Å². The van der Waals surface area contributed by atoms with Crippen molar-refractivity contribution in [3.63, 3.8) is 0 Å². The molecular weight excluding hydrogens is 370 g/mol. The zero-order valence-corrected chi connectivity index (χ0v) is 16.8. The summed E-state index contributed by atoms with van der Waals surface area (Å²) >= 11 is 0. The summed E-state index contributed by atoms with van der Waals surface area (Å²) in [5.41, 5.74) is 4.30. The van der Waals surface area contributed by atoms with Crippen LogP contribution in [0.2, 0.25) is 0 Å². The number of nitrogens with zero attached hydrogens (tertiary/aromatic N) is 1. The van der Waals surface area contributed by atoms with E-state index in [0.717, 1.165) is 22.4 Å². The molecule has 0 saturated carbocycles. The Balaban J connectivity index is 1.65. The monoisotopic (exact) mass is 393 g/mol. The molecule has 0 N–H and O–H groups in total. The molecule has 3 aromatic carbocycles. The Morgan fingerprint density at radius 3 is 2.07 bits per heavy atom. The fraction of sp³-hybridized carbons (Fsp3) is 0.0741. The van der Waals surface area contributed by atoms with Gasteiger partial charge in [0.05, 0.1) is 0 Å². The molecular formula is C27H23NO2. The van der Waals surface area contributed by atoms with E-state index < -0.39 is 0 Å². The highest BCUT2D eigenvalue weighted by Gasteiger charge is 2.19. The van der Waals surface area contributed by atoms with Crippen LogP contribution in [0.1, 0.15) is 17.2 Å². The summed E-state index contributed by atoms with van der Waals surface area (Å²) in [5.74, 6) is 1.45. The summed E-state index contributed by atoms with van der Waals surface area (Å²) in [5, 5.41) is 0. The first-order chi connectivity index (χ1) is 14.8. The predicted octanol–water partition coefficient (Wildman–Crippen LogP) is 6.56. The summed E-state index contributed by atoms with van der Waals surface area (Å²) in [6, 6.07) is 32.3. The summed E-state index contributed by atoms with van der Waals surface area (Å²) < 4.78 is 12.1. The molecule has 1 atom stereocenters. The van der Waals surface area contributed by atoms with E-state index in [2.05, 4.69) is 29.2 Å². The Morgan fingerprint density at radius 1 is 0.767 bits per heavy atom. The van der Waals surface area contributed by atoms with Crippen molar-refractivity contribution in [1.29, 1.82) is 0 Å². The summed E-state index contributed by atoms with van der Waals surface area (Å²) in [6.45, 7) is 0. The fourth-order valence-corrected chi connectivity index (χ4v) is 3.31. The predicted molar refractivity (Wildman–Crippen MR) is 121 cm³/mol. The number of hydrogen-bond acceptors (Lipinski definition) is 3. The summed E-state index contributed by atoms with van der Waals surface area (Å²) in [7, 11) is 1.69. The second kappa shape index (κ2) is 9.68. The summed E-state index contributed by atoms with van der Waals surface area (Å²) in [4.78, 5) is 4.21. The van der Waals surface area contributed by atoms with E-state index in [0.29, 0.717) is 5.76 Å². The first-order valence-corrected chi connectivity index (χ1v) is 9.86. The van der Waals surface area contributed by atoms with Crippen LogP contribution in [0.25, 0.3) is 17.2 Å². The van der Waals surface area contributed by atoms with Crippen LogP contribution >= 0.6 is 0 Å². The lowest BCUT2D eigenvalue weighted by Gasteiger charge is -2.20. The third kappa shape index (κ3) is 4.83. The lowest BCUT2D eigenvalue weighted by Crippen LogP contribution is -2.10. The van der Waals surface area contributed by atoms with Crippen molar-refractivity contribution in [1.82, 2.24) is 4.98 Å². The molecule has 3 heteroatoms. The zero-order chi connectivity index (χ0) is 20.6. The maximum atomic E-state index is 6.33. The second-order valence-electron chi connectivity index (χ2n) is 6.85. The molecule has 4 rings (SSSR count). The minimum Gasteiger partial charge on any atom is -0.459 e. The quantitative estimate of drug-likeness (QED) is 0.333. The van der Waals surface area contributed by atoms with Gasteiger partial charge in [0.25, 0.3) is 0 Å². The van der Waals surface area contributed by atoms with Crippen molar-refractivity contribution in [2.24, 2.45) is 0 Å². The number of hydrogen-bond donors (Lipinski definition) is 0. The molecule has 148 valence electrons. The van der Waals surface area contributed by atoms with Gasteiger partial charge in [0.15, 0.2) is 0 Å². The van der Waals surface area contributed by atoms with Crippen molar-refractivity contribution < 1.29 is 9.47 Å². The van der Waals surface area contributed by atoms with Crippen LogP contribution in [0.3, 0.4) is 0 Å².